The lowest BCUT2D eigenvalue weighted by Gasteiger charge is -2.39. The second-order valence-electron chi connectivity index (χ2n) is 10.8. The number of carbonyl (C=O) groups excluding carboxylic acids is 3. The maximum atomic E-state index is 13.2. The number of hydrogen-bond donors (Lipinski definition) is 1. The molecule has 3 amide bonds. The summed E-state index contributed by atoms with van der Waals surface area (Å²) < 4.78 is 5.78. The molecular weight excluding hydrogens is 514 g/mol. The van der Waals surface area contributed by atoms with Crippen molar-refractivity contribution in [1.82, 2.24) is 9.80 Å². The largest absolute Gasteiger partial charge is 0.443 e. The number of likely N-dealkylation sites (tertiary alicyclic amines) is 1. The molecule has 3 aliphatic heterocycles. The van der Waals surface area contributed by atoms with Crippen molar-refractivity contribution >= 4 is 23.4 Å². The van der Waals surface area contributed by atoms with Gasteiger partial charge in [-0.25, -0.2) is 0 Å². The number of anilines is 1. The van der Waals surface area contributed by atoms with Crippen LogP contribution in [0.25, 0.3) is 0 Å². The van der Waals surface area contributed by atoms with Gasteiger partial charge >= 0.3 is 0 Å². The third-order valence-electron chi connectivity index (χ3n) is 8.42. The number of imide groups is 1. The van der Waals surface area contributed by atoms with Crippen LogP contribution in [0, 0.1) is 11.8 Å². The van der Waals surface area contributed by atoms with E-state index in [1.54, 1.807) is 36.4 Å². The van der Waals surface area contributed by atoms with Gasteiger partial charge in [-0.1, -0.05) is 48.4 Å². The fourth-order valence-corrected chi connectivity index (χ4v) is 6.12. The molecule has 1 saturated heterocycles. The summed E-state index contributed by atoms with van der Waals surface area (Å²) in [6, 6.07) is 26.2. The normalized spacial score (nSPS) is 16.7. The smallest absolute Gasteiger partial charge is 0.289 e. The van der Waals surface area contributed by atoms with Crippen molar-refractivity contribution < 1.29 is 18.8 Å². The molecule has 0 unspecified atom stereocenters. The van der Waals surface area contributed by atoms with Crippen molar-refractivity contribution in [2.24, 2.45) is 0 Å². The lowest BCUT2D eigenvalue weighted by atomic mass is 9.74. The molecule has 0 aliphatic carbocycles. The third kappa shape index (κ3) is 4.38. The van der Waals surface area contributed by atoms with Gasteiger partial charge in [0.05, 0.1) is 17.7 Å². The quantitative estimate of drug-likeness (QED) is 0.289. The molecule has 7 nitrogen and oxygen atoms in total. The van der Waals surface area contributed by atoms with E-state index in [-0.39, 0.29) is 29.7 Å². The van der Waals surface area contributed by atoms with Crippen LogP contribution < -0.4 is 5.32 Å². The van der Waals surface area contributed by atoms with Crippen molar-refractivity contribution in [1.29, 1.82) is 0 Å². The van der Waals surface area contributed by atoms with Crippen molar-refractivity contribution in [2.75, 3.05) is 25.0 Å². The SMILES string of the molecule is O=C(c1ccc(C#Cc2ccccc2)o1)N1CCC2(CC1)CNc1ccc(CN3C(=O)c4ccccc4C3=O)cc12. The van der Waals surface area contributed by atoms with Crippen LogP contribution >= 0.6 is 0 Å². The molecule has 4 heterocycles. The fraction of sp³-hybridized carbons (Fsp3) is 0.206. The van der Waals surface area contributed by atoms with E-state index >= 15 is 0 Å². The Morgan fingerprint density at radius 1 is 0.854 bits per heavy atom. The van der Waals surface area contributed by atoms with Crippen LogP contribution in [-0.4, -0.2) is 47.2 Å². The number of benzene rings is 3. The zero-order valence-corrected chi connectivity index (χ0v) is 22.4. The second kappa shape index (κ2) is 9.83. The number of rotatable bonds is 3. The summed E-state index contributed by atoms with van der Waals surface area (Å²) in [6.07, 6.45) is 1.60. The number of nitrogens with zero attached hydrogens (tertiary/aromatic N) is 2. The third-order valence-corrected chi connectivity index (χ3v) is 8.42. The van der Waals surface area contributed by atoms with Gasteiger partial charge in [-0.2, -0.15) is 0 Å². The molecule has 0 bridgehead atoms. The number of piperidine rings is 1. The Bertz CT molecular complexity index is 1720. The van der Waals surface area contributed by atoms with Crippen LogP contribution in [0.1, 0.15) is 66.6 Å². The highest BCUT2D eigenvalue weighted by atomic mass is 16.3. The van der Waals surface area contributed by atoms with Gasteiger partial charge < -0.3 is 14.6 Å². The lowest BCUT2D eigenvalue weighted by Crippen LogP contribution is -2.46. The molecule has 0 atom stereocenters. The van der Waals surface area contributed by atoms with Gasteiger partial charge in [-0.05, 0) is 72.4 Å². The van der Waals surface area contributed by atoms with Crippen molar-refractivity contribution in [3.8, 4) is 11.8 Å². The summed E-state index contributed by atoms with van der Waals surface area (Å²) >= 11 is 0. The number of carbonyl (C=O) groups is 3. The number of amides is 3. The maximum Gasteiger partial charge on any atom is 0.289 e. The van der Waals surface area contributed by atoms with Crippen LogP contribution in [0.3, 0.4) is 0 Å². The van der Waals surface area contributed by atoms with Gasteiger partial charge in [-0.15, -0.1) is 0 Å². The maximum absolute atomic E-state index is 13.2. The van der Waals surface area contributed by atoms with E-state index in [2.05, 4.69) is 23.2 Å². The summed E-state index contributed by atoms with van der Waals surface area (Å²) in [7, 11) is 0. The molecule has 3 aromatic carbocycles. The topological polar surface area (TPSA) is 82.9 Å². The molecule has 7 rings (SSSR count). The molecule has 4 aromatic rings. The first kappa shape index (κ1) is 24.9. The monoisotopic (exact) mass is 541 g/mol. The first-order valence-corrected chi connectivity index (χ1v) is 13.8. The van der Waals surface area contributed by atoms with E-state index in [9.17, 15) is 14.4 Å². The number of furan rings is 1. The molecular formula is C34H27N3O4. The van der Waals surface area contributed by atoms with Gasteiger partial charge in [0.15, 0.2) is 11.5 Å². The first-order chi connectivity index (χ1) is 20.0. The highest BCUT2D eigenvalue weighted by Crippen LogP contribution is 2.45. The Labute approximate surface area is 237 Å². The van der Waals surface area contributed by atoms with Gasteiger partial charge in [-0.3, -0.25) is 19.3 Å². The number of fused-ring (bicyclic) bond motifs is 3. The molecule has 7 heteroatoms. The average molecular weight is 542 g/mol. The number of hydrogen-bond acceptors (Lipinski definition) is 5. The van der Waals surface area contributed by atoms with Crippen LogP contribution in [0.15, 0.2) is 89.3 Å². The molecule has 1 fully saturated rings. The Morgan fingerprint density at radius 2 is 1.56 bits per heavy atom. The van der Waals surface area contributed by atoms with Crippen molar-refractivity contribution in [3.63, 3.8) is 0 Å². The van der Waals surface area contributed by atoms with E-state index in [0.717, 1.165) is 36.2 Å². The van der Waals surface area contributed by atoms with E-state index in [1.165, 1.54) is 10.5 Å². The van der Waals surface area contributed by atoms with E-state index in [0.29, 0.717) is 35.7 Å². The van der Waals surface area contributed by atoms with Crippen molar-refractivity contribution in [3.05, 3.63) is 124 Å². The molecule has 0 saturated carbocycles. The molecule has 202 valence electrons. The molecule has 1 spiro atoms. The highest BCUT2D eigenvalue weighted by molar-refractivity contribution is 6.21. The van der Waals surface area contributed by atoms with Crippen LogP contribution in [0.4, 0.5) is 5.69 Å². The van der Waals surface area contributed by atoms with Crippen LogP contribution in [-0.2, 0) is 12.0 Å². The minimum Gasteiger partial charge on any atom is -0.443 e. The summed E-state index contributed by atoms with van der Waals surface area (Å²) in [5.74, 6) is 6.18. The van der Waals surface area contributed by atoms with E-state index in [4.69, 9.17) is 4.42 Å². The van der Waals surface area contributed by atoms with E-state index < -0.39 is 0 Å². The summed E-state index contributed by atoms with van der Waals surface area (Å²) in [4.78, 5) is 42.2. The predicted molar refractivity (Wildman–Crippen MR) is 154 cm³/mol. The molecule has 1 N–H and O–H groups in total. The number of nitrogens with one attached hydrogen (secondary N) is 1. The lowest BCUT2D eigenvalue weighted by molar-refractivity contribution is 0.0635. The molecule has 0 radical (unpaired) electrons. The van der Waals surface area contributed by atoms with Gasteiger partial charge in [0, 0.05) is 36.3 Å². The zero-order valence-electron chi connectivity index (χ0n) is 22.4. The summed E-state index contributed by atoms with van der Waals surface area (Å²) in [5, 5.41) is 3.54. The highest BCUT2D eigenvalue weighted by Gasteiger charge is 2.43. The van der Waals surface area contributed by atoms with Gasteiger partial charge in [0.25, 0.3) is 17.7 Å². The average Bonchev–Trinajstić information content (AvgIpc) is 3.69. The zero-order chi connectivity index (χ0) is 28.0. The second-order valence-corrected chi connectivity index (χ2v) is 10.8. The molecule has 3 aliphatic rings. The Morgan fingerprint density at radius 3 is 2.29 bits per heavy atom. The standard InChI is InChI=1S/C34H27N3O4/c38-31-26-8-4-5-9-27(26)32(39)37(31)21-24-11-14-29-28(20-24)34(22-35-29)16-18-36(19-17-34)33(40)30-15-13-25(41-30)12-10-23-6-2-1-3-7-23/h1-9,11,13-15,20,35H,16-19,21-22H2. The van der Waals surface area contributed by atoms with Gasteiger partial charge in [0.1, 0.15) is 0 Å². The molecule has 41 heavy (non-hydrogen) atoms. The van der Waals surface area contributed by atoms with E-state index in [1.807, 2.05) is 47.4 Å². The minimum absolute atomic E-state index is 0.112. The fourth-order valence-electron chi connectivity index (χ4n) is 6.12. The van der Waals surface area contributed by atoms with Crippen molar-refractivity contribution in [2.45, 2.75) is 24.8 Å². The van der Waals surface area contributed by atoms with Crippen LogP contribution in [0.2, 0.25) is 0 Å². The predicted octanol–water partition coefficient (Wildman–Crippen LogP) is 5.08. The summed E-state index contributed by atoms with van der Waals surface area (Å²) in [6.45, 7) is 2.23. The Hall–Kier alpha value is -5.09. The summed E-state index contributed by atoms with van der Waals surface area (Å²) in [5.41, 5.74) is 4.87. The Kier molecular flexibility index (Phi) is 5.97. The molecule has 1 aromatic heterocycles. The first-order valence-electron chi connectivity index (χ1n) is 13.8. The Balaban J connectivity index is 1.04. The minimum atomic E-state index is -0.252. The van der Waals surface area contributed by atoms with Crippen LogP contribution in [0.5, 0.6) is 0 Å². The van der Waals surface area contributed by atoms with Gasteiger partial charge in [0.2, 0.25) is 0 Å².